The van der Waals surface area contributed by atoms with Gasteiger partial charge in [0.25, 0.3) is 0 Å². The van der Waals surface area contributed by atoms with E-state index in [9.17, 15) is 0 Å². The van der Waals surface area contributed by atoms with E-state index in [0.717, 1.165) is 27.9 Å². The Labute approximate surface area is 126 Å². The molecule has 7 heteroatoms. The van der Waals surface area contributed by atoms with E-state index in [1.165, 1.54) is 11.3 Å². The standard InChI is InChI=1S/C13H16ClN3O2S/c1-18-6-5-15-8-12-16-17-13(20-12)10-7-9(14)3-4-11(10)19-2/h3-4,7,15H,5-6,8H2,1-2H3. The summed E-state index contributed by atoms with van der Waals surface area (Å²) in [4.78, 5) is 0. The lowest BCUT2D eigenvalue weighted by atomic mass is 10.2. The summed E-state index contributed by atoms with van der Waals surface area (Å²) in [6.45, 7) is 2.13. The molecule has 1 N–H and O–H groups in total. The minimum absolute atomic E-state index is 0.649. The van der Waals surface area contributed by atoms with Crippen LogP contribution in [0.3, 0.4) is 0 Å². The molecule has 1 aromatic heterocycles. The molecule has 2 rings (SSSR count). The first-order chi connectivity index (χ1) is 9.74. The Morgan fingerprint density at radius 3 is 2.90 bits per heavy atom. The number of methoxy groups -OCH3 is 2. The molecule has 0 spiro atoms. The lowest BCUT2D eigenvalue weighted by Crippen LogP contribution is -2.18. The van der Waals surface area contributed by atoms with E-state index in [1.807, 2.05) is 12.1 Å². The van der Waals surface area contributed by atoms with Gasteiger partial charge in [-0.05, 0) is 18.2 Å². The normalized spacial score (nSPS) is 10.8. The van der Waals surface area contributed by atoms with Gasteiger partial charge in [0.1, 0.15) is 10.8 Å². The number of benzene rings is 1. The highest BCUT2D eigenvalue weighted by Gasteiger charge is 2.12. The number of rotatable bonds is 7. The van der Waals surface area contributed by atoms with Crippen LogP contribution in [0.2, 0.25) is 5.02 Å². The predicted octanol–water partition coefficient (Wildman–Crippen LogP) is 2.60. The smallest absolute Gasteiger partial charge is 0.151 e. The molecular formula is C13H16ClN3O2S. The third kappa shape index (κ3) is 3.89. The van der Waals surface area contributed by atoms with E-state index in [4.69, 9.17) is 21.1 Å². The molecule has 0 aliphatic carbocycles. The fourth-order valence-corrected chi connectivity index (χ4v) is 2.65. The van der Waals surface area contributed by atoms with Gasteiger partial charge in [0, 0.05) is 25.2 Å². The van der Waals surface area contributed by atoms with Gasteiger partial charge in [-0.25, -0.2) is 0 Å². The maximum Gasteiger partial charge on any atom is 0.151 e. The van der Waals surface area contributed by atoms with Crippen molar-refractivity contribution in [3.05, 3.63) is 28.2 Å². The monoisotopic (exact) mass is 313 g/mol. The van der Waals surface area contributed by atoms with Gasteiger partial charge in [0.2, 0.25) is 0 Å². The highest BCUT2D eigenvalue weighted by Crippen LogP contribution is 2.34. The Morgan fingerprint density at radius 1 is 1.30 bits per heavy atom. The van der Waals surface area contributed by atoms with E-state index in [-0.39, 0.29) is 0 Å². The molecule has 5 nitrogen and oxygen atoms in total. The SMILES string of the molecule is COCCNCc1nnc(-c2cc(Cl)ccc2OC)s1. The summed E-state index contributed by atoms with van der Waals surface area (Å²) in [5.74, 6) is 0.740. The number of nitrogens with one attached hydrogen (secondary N) is 1. The first kappa shape index (κ1) is 15.2. The number of ether oxygens (including phenoxy) is 2. The van der Waals surface area contributed by atoms with E-state index in [2.05, 4.69) is 15.5 Å². The summed E-state index contributed by atoms with van der Waals surface area (Å²) in [7, 11) is 3.30. The minimum atomic E-state index is 0.649. The van der Waals surface area contributed by atoms with Crippen molar-refractivity contribution >= 4 is 22.9 Å². The van der Waals surface area contributed by atoms with Crippen molar-refractivity contribution in [3.8, 4) is 16.3 Å². The first-order valence-corrected chi connectivity index (χ1v) is 7.30. The molecule has 108 valence electrons. The Kier molecular flexibility index (Phi) is 5.72. The number of aromatic nitrogens is 2. The Balaban J connectivity index is 2.10. The number of hydrogen-bond acceptors (Lipinski definition) is 6. The van der Waals surface area contributed by atoms with Crippen molar-refractivity contribution in [2.24, 2.45) is 0 Å². The van der Waals surface area contributed by atoms with Gasteiger partial charge < -0.3 is 14.8 Å². The average molecular weight is 314 g/mol. The summed E-state index contributed by atoms with van der Waals surface area (Å²) >= 11 is 7.54. The highest BCUT2D eigenvalue weighted by atomic mass is 35.5. The van der Waals surface area contributed by atoms with Crippen LogP contribution in [0.25, 0.3) is 10.6 Å². The second-order valence-corrected chi connectivity index (χ2v) is 5.51. The van der Waals surface area contributed by atoms with Crippen LogP contribution in [0.1, 0.15) is 5.01 Å². The van der Waals surface area contributed by atoms with E-state index in [0.29, 0.717) is 18.2 Å². The molecule has 0 aliphatic rings. The van der Waals surface area contributed by atoms with Crippen LogP contribution in [-0.2, 0) is 11.3 Å². The predicted molar refractivity (Wildman–Crippen MR) is 80.5 cm³/mol. The summed E-state index contributed by atoms with van der Waals surface area (Å²) in [5.41, 5.74) is 0.862. The molecule has 1 heterocycles. The zero-order valence-electron chi connectivity index (χ0n) is 11.4. The number of hydrogen-bond donors (Lipinski definition) is 1. The van der Waals surface area contributed by atoms with Crippen LogP contribution in [-0.4, -0.2) is 37.6 Å². The molecule has 0 radical (unpaired) electrons. The first-order valence-electron chi connectivity index (χ1n) is 6.10. The number of halogens is 1. The third-order valence-corrected chi connectivity index (χ3v) is 3.81. The van der Waals surface area contributed by atoms with Crippen LogP contribution in [0, 0.1) is 0 Å². The zero-order valence-corrected chi connectivity index (χ0v) is 12.9. The fourth-order valence-electron chi connectivity index (χ4n) is 1.65. The molecular weight excluding hydrogens is 298 g/mol. The number of nitrogens with zero attached hydrogens (tertiary/aromatic N) is 2. The van der Waals surface area contributed by atoms with Crippen LogP contribution < -0.4 is 10.1 Å². The molecule has 0 amide bonds. The highest BCUT2D eigenvalue weighted by molar-refractivity contribution is 7.14. The van der Waals surface area contributed by atoms with Gasteiger partial charge in [-0.3, -0.25) is 0 Å². The quantitative estimate of drug-likeness (QED) is 0.796. The van der Waals surface area contributed by atoms with Crippen molar-refractivity contribution in [2.45, 2.75) is 6.54 Å². The van der Waals surface area contributed by atoms with Crippen LogP contribution in [0.4, 0.5) is 0 Å². The van der Waals surface area contributed by atoms with Gasteiger partial charge >= 0.3 is 0 Å². The van der Waals surface area contributed by atoms with Crippen molar-refractivity contribution in [2.75, 3.05) is 27.4 Å². The summed E-state index contributed by atoms with van der Waals surface area (Å²) in [6.07, 6.45) is 0. The van der Waals surface area contributed by atoms with Gasteiger partial charge in [-0.2, -0.15) is 0 Å². The third-order valence-electron chi connectivity index (χ3n) is 2.62. The lowest BCUT2D eigenvalue weighted by molar-refractivity contribution is 0.199. The maximum absolute atomic E-state index is 6.02. The molecule has 0 aliphatic heterocycles. The van der Waals surface area contributed by atoms with E-state index in [1.54, 1.807) is 20.3 Å². The topological polar surface area (TPSA) is 56.3 Å². The van der Waals surface area contributed by atoms with Crippen LogP contribution in [0.5, 0.6) is 5.75 Å². The van der Waals surface area contributed by atoms with Crippen molar-refractivity contribution in [1.29, 1.82) is 0 Å². The van der Waals surface area contributed by atoms with Crippen molar-refractivity contribution in [3.63, 3.8) is 0 Å². The molecule has 2 aromatic rings. The molecule has 0 atom stereocenters. The summed E-state index contributed by atoms with van der Waals surface area (Å²) < 4.78 is 10.3. The Hall–Kier alpha value is -1.21. The van der Waals surface area contributed by atoms with Crippen LogP contribution >= 0.6 is 22.9 Å². The fraction of sp³-hybridized carbons (Fsp3) is 0.385. The molecule has 0 unspecified atom stereocenters. The minimum Gasteiger partial charge on any atom is -0.496 e. The molecule has 20 heavy (non-hydrogen) atoms. The molecule has 0 fully saturated rings. The molecule has 1 aromatic carbocycles. The second-order valence-electron chi connectivity index (χ2n) is 4.02. The van der Waals surface area contributed by atoms with Crippen molar-refractivity contribution < 1.29 is 9.47 Å². The van der Waals surface area contributed by atoms with Gasteiger partial charge in [0.15, 0.2) is 5.01 Å². The van der Waals surface area contributed by atoms with Crippen LogP contribution in [0.15, 0.2) is 18.2 Å². The van der Waals surface area contributed by atoms with Gasteiger partial charge in [-0.1, -0.05) is 22.9 Å². The van der Waals surface area contributed by atoms with Gasteiger partial charge in [-0.15, -0.1) is 10.2 Å². The van der Waals surface area contributed by atoms with Crippen molar-refractivity contribution in [1.82, 2.24) is 15.5 Å². The zero-order chi connectivity index (χ0) is 14.4. The van der Waals surface area contributed by atoms with E-state index < -0.39 is 0 Å². The molecule has 0 saturated carbocycles. The Morgan fingerprint density at radius 2 is 2.15 bits per heavy atom. The molecule has 0 saturated heterocycles. The molecule has 0 bridgehead atoms. The average Bonchev–Trinajstić information content (AvgIpc) is 2.92. The van der Waals surface area contributed by atoms with E-state index >= 15 is 0 Å². The summed E-state index contributed by atoms with van der Waals surface area (Å²) in [5, 5.41) is 14.0. The lowest BCUT2D eigenvalue weighted by Gasteiger charge is -2.05. The Bertz CT molecular complexity index is 562. The van der Waals surface area contributed by atoms with Gasteiger partial charge in [0.05, 0.1) is 19.3 Å². The summed E-state index contributed by atoms with van der Waals surface area (Å²) in [6, 6.07) is 5.46. The largest absolute Gasteiger partial charge is 0.496 e. The maximum atomic E-state index is 6.02. The second kappa shape index (κ2) is 7.54.